The van der Waals surface area contributed by atoms with Crippen LogP contribution in [0.3, 0.4) is 0 Å². The first-order valence-corrected chi connectivity index (χ1v) is 9.85. The minimum atomic E-state index is -2.40. The zero-order chi connectivity index (χ0) is 25.0. The number of benzene rings is 2. The van der Waals surface area contributed by atoms with E-state index in [4.69, 9.17) is 11.3 Å². The Labute approximate surface area is 183 Å². The highest BCUT2D eigenvalue weighted by Crippen LogP contribution is 2.35. The summed E-state index contributed by atoms with van der Waals surface area (Å²) in [4.78, 5) is 8.93. The topological polar surface area (TPSA) is 38.9 Å². The van der Waals surface area contributed by atoms with Gasteiger partial charge in [-0.05, 0) is 60.1 Å². The van der Waals surface area contributed by atoms with Crippen LogP contribution in [0.25, 0.3) is 33.3 Å². The molecule has 0 aliphatic rings. The predicted octanol–water partition coefficient (Wildman–Crippen LogP) is 6.95. The summed E-state index contributed by atoms with van der Waals surface area (Å²) >= 11 is 0. The molecular weight excluding hydrogens is 368 g/mol. The smallest absolute Gasteiger partial charge is 0.227 e. The summed E-state index contributed by atoms with van der Waals surface area (Å²) in [6, 6.07) is 20.9. The highest BCUT2D eigenvalue weighted by Gasteiger charge is 2.15. The lowest BCUT2D eigenvalue weighted by Gasteiger charge is -2.07. The second-order valence-electron chi connectivity index (χ2n) is 7.38. The van der Waals surface area contributed by atoms with Gasteiger partial charge in [-0.3, -0.25) is 4.98 Å². The average molecular weight is 398 g/mol. The van der Waals surface area contributed by atoms with E-state index in [1.54, 1.807) is 42.6 Å². The molecule has 0 bridgehead atoms. The Kier molecular flexibility index (Phi) is 3.54. The Morgan fingerprint density at radius 2 is 1.80 bits per heavy atom. The molecule has 0 saturated carbocycles. The molecular formula is C27H24N2O. The normalized spacial score (nSPS) is 15.3. The Hall–Kier alpha value is -3.46. The highest BCUT2D eigenvalue weighted by molar-refractivity contribution is 6.08. The third-order valence-electron chi connectivity index (χ3n) is 5.09. The van der Waals surface area contributed by atoms with Gasteiger partial charge in [-0.15, -0.1) is 0 Å². The van der Waals surface area contributed by atoms with E-state index in [-0.39, 0.29) is 17.0 Å². The molecule has 0 aliphatic heterocycles. The molecule has 0 radical (unpaired) electrons. The van der Waals surface area contributed by atoms with Crippen molar-refractivity contribution in [1.29, 1.82) is 0 Å². The van der Waals surface area contributed by atoms with Gasteiger partial charge in [-0.25, -0.2) is 4.98 Å². The molecule has 5 rings (SSSR count). The molecule has 5 aromatic rings. The lowest BCUT2D eigenvalue weighted by Crippen LogP contribution is -1.93. The molecule has 0 saturated heterocycles. The molecule has 0 unspecified atom stereocenters. The van der Waals surface area contributed by atoms with E-state index >= 15 is 0 Å². The predicted molar refractivity (Wildman–Crippen MR) is 123 cm³/mol. The summed E-state index contributed by atoms with van der Waals surface area (Å²) in [7, 11) is 0. The molecule has 0 atom stereocenters. The van der Waals surface area contributed by atoms with Crippen molar-refractivity contribution in [2.24, 2.45) is 0 Å². The fourth-order valence-electron chi connectivity index (χ4n) is 3.50. The van der Waals surface area contributed by atoms with Gasteiger partial charge in [0, 0.05) is 35.1 Å². The van der Waals surface area contributed by atoms with Gasteiger partial charge in [-0.2, -0.15) is 0 Å². The molecule has 2 aromatic carbocycles. The van der Waals surface area contributed by atoms with Crippen molar-refractivity contribution in [1.82, 2.24) is 9.97 Å². The van der Waals surface area contributed by atoms with E-state index in [0.29, 0.717) is 16.7 Å². The minimum absolute atomic E-state index is 0.0458. The molecule has 148 valence electrons. The quantitative estimate of drug-likeness (QED) is 0.322. The number of nitrogens with zero attached hydrogens (tertiary/aromatic N) is 2. The van der Waals surface area contributed by atoms with Crippen molar-refractivity contribution in [2.45, 2.75) is 32.5 Å². The van der Waals surface area contributed by atoms with Gasteiger partial charge in [0.25, 0.3) is 0 Å². The second-order valence-corrected chi connectivity index (χ2v) is 7.38. The number of hydrogen-bond acceptors (Lipinski definition) is 3. The van der Waals surface area contributed by atoms with Crippen LogP contribution in [0.1, 0.15) is 43.4 Å². The summed E-state index contributed by atoms with van der Waals surface area (Å²) in [6.07, 6.45) is -3.03. The van der Waals surface area contributed by atoms with Crippen molar-refractivity contribution in [3.05, 3.63) is 95.8 Å². The zero-order valence-corrected chi connectivity index (χ0v) is 16.8. The van der Waals surface area contributed by atoms with E-state index < -0.39 is 18.6 Å². The van der Waals surface area contributed by atoms with E-state index in [9.17, 15) is 0 Å². The minimum Gasteiger partial charge on any atom is -0.437 e. The van der Waals surface area contributed by atoms with Crippen LogP contribution in [-0.2, 0) is 12.7 Å². The van der Waals surface area contributed by atoms with Crippen LogP contribution < -0.4 is 0 Å². The van der Waals surface area contributed by atoms with Gasteiger partial charge in [0.2, 0.25) is 5.71 Å². The lowest BCUT2D eigenvalue weighted by molar-refractivity contribution is 0.651. The summed E-state index contributed by atoms with van der Waals surface area (Å²) in [6.45, 7) is 3.64. The van der Waals surface area contributed by atoms with Gasteiger partial charge in [0.05, 0.1) is 5.69 Å². The molecule has 3 aromatic heterocycles. The molecule has 0 aliphatic carbocycles. The zero-order valence-electron chi connectivity index (χ0n) is 21.8. The molecule has 3 heteroatoms. The van der Waals surface area contributed by atoms with Crippen molar-refractivity contribution >= 4 is 22.1 Å². The molecule has 3 nitrogen and oxygen atoms in total. The SMILES string of the molecule is [2H]C(C)(C)c1ccnc(-c2cccc3c2oc2nc(C([2H])([2H])C([2H])([2H])c4ccccc4)ccc23)c1. The van der Waals surface area contributed by atoms with Crippen LogP contribution in [0.2, 0.25) is 0 Å². The third-order valence-corrected chi connectivity index (χ3v) is 5.09. The van der Waals surface area contributed by atoms with Crippen molar-refractivity contribution in [3.63, 3.8) is 0 Å². The van der Waals surface area contributed by atoms with Crippen LogP contribution in [-0.4, -0.2) is 9.97 Å². The Bertz CT molecular complexity index is 1540. The van der Waals surface area contributed by atoms with Crippen LogP contribution in [0, 0.1) is 0 Å². The maximum absolute atomic E-state index is 8.64. The van der Waals surface area contributed by atoms with Gasteiger partial charge >= 0.3 is 0 Å². The Morgan fingerprint density at radius 3 is 2.63 bits per heavy atom. The van der Waals surface area contributed by atoms with Crippen LogP contribution in [0.5, 0.6) is 0 Å². The van der Waals surface area contributed by atoms with Crippen LogP contribution in [0.15, 0.2) is 83.4 Å². The molecule has 0 fully saturated rings. The maximum atomic E-state index is 8.64. The lowest BCUT2D eigenvalue weighted by atomic mass is 10.0. The highest BCUT2D eigenvalue weighted by atomic mass is 16.3. The summed E-state index contributed by atoms with van der Waals surface area (Å²) in [5.74, 6) is -0.778. The number of fused-ring (bicyclic) bond motifs is 3. The average Bonchev–Trinajstić information content (AvgIpc) is 3.22. The first-order chi connectivity index (χ1) is 16.5. The van der Waals surface area contributed by atoms with Crippen molar-refractivity contribution in [3.8, 4) is 11.3 Å². The third kappa shape index (κ3) is 3.48. The number of aromatic nitrogens is 2. The van der Waals surface area contributed by atoms with Gasteiger partial charge in [-0.1, -0.05) is 56.3 Å². The number of aryl methyl sites for hydroxylation is 2. The van der Waals surface area contributed by atoms with Crippen molar-refractivity contribution < 1.29 is 11.3 Å². The number of para-hydroxylation sites is 1. The standard InChI is InChI=1S/C27H24N2O/c1-18(2)20-15-16-28-25(17-20)24-10-6-9-22-23-14-13-21(29-27(23)30-26(22)24)12-11-19-7-4-3-5-8-19/h3-10,13-18H,11-12H2,1-2H3/i11D2,12D2,18D. The second kappa shape index (κ2) is 7.75. The fourth-order valence-corrected chi connectivity index (χ4v) is 3.50. The molecule has 3 heterocycles. The van der Waals surface area contributed by atoms with Crippen LogP contribution >= 0.6 is 0 Å². The largest absolute Gasteiger partial charge is 0.437 e. The number of rotatable bonds is 5. The maximum Gasteiger partial charge on any atom is 0.227 e. The van der Waals surface area contributed by atoms with E-state index in [1.807, 2.05) is 44.2 Å². The molecule has 30 heavy (non-hydrogen) atoms. The van der Waals surface area contributed by atoms with Gasteiger partial charge in [0.15, 0.2) is 0 Å². The van der Waals surface area contributed by atoms with E-state index in [0.717, 1.165) is 16.5 Å². The summed E-state index contributed by atoms with van der Waals surface area (Å²) in [5, 5.41) is 1.51. The number of pyridine rings is 2. The first-order valence-electron chi connectivity index (χ1n) is 12.4. The Morgan fingerprint density at radius 1 is 0.933 bits per heavy atom. The first kappa shape index (κ1) is 13.7. The molecule has 0 spiro atoms. The fraction of sp³-hybridized carbons (Fsp3) is 0.185. The van der Waals surface area contributed by atoms with Gasteiger partial charge < -0.3 is 4.42 Å². The summed E-state index contributed by atoms with van der Waals surface area (Å²) < 4.78 is 48.8. The molecule has 0 amide bonds. The Balaban J connectivity index is 1.64. The monoisotopic (exact) mass is 397 g/mol. The van der Waals surface area contributed by atoms with Gasteiger partial charge in [0.1, 0.15) is 5.58 Å². The summed E-state index contributed by atoms with van der Waals surface area (Å²) in [5.41, 5.74) is 3.23. The number of furan rings is 1. The van der Waals surface area contributed by atoms with E-state index in [1.165, 1.54) is 6.07 Å². The molecule has 0 N–H and O–H groups in total. The van der Waals surface area contributed by atoms with Crippen LogP contribution in [0.4, 0.5) is 0 Å². The van der Waals surface area contributed by atoms with Crippen molar-refractivity contribution in [2.75, 3.05) is 0 Å². The number of hydrogen-bond donors (Lipinski definition) is 0. The van der Waals surface area contributed by atoms with E-state index in [2.05, 4.69) is 9.97 Å².